The number of hydrogen-bond acceptors (Lipinski definition) is 6. The first-order valence-corrected chi connectivity index (χ1v) is 11.1. The van der Waals surface area contributed by atoms with Gasteiger partial charge in [-0.15, -0.1) is 0 Å². The van der Waals surface area contributed by atoms with Gasteiger partial charge < -0.3 is 14.7 Å². The molecule has 3 amide bonds. The molecule has 0 spiro atoms. The molecule has 0 radical (unpaired) electrons. The third-order valence-corrected chi connectivity index (χ3v) is 6.20. The number of hydroxylamine groups is 1. The fourth-order valence-electron chi connectivity index (χ4n) is 4.46. The van der Waals surface area contributed by atoms with Crippen LogP contribution in [0.3, 0.4) is 0 Å². The molecule has 10 heteroatoms. The molecule has 3 aromatic rings. The Bertz CT molecular complexity index is 1260. The largest absolute Gasteiger partial charge is 0.489 e. The van der Waals surface area contributed by atoms with Gasteiger partial charge in [-0.3, -0.25) is 24.7 Å². The Morgan fingerprint density at radius 3 is 2.63 bits per heavy atom. The number of anilines is 1. The lowest BCUT2D eigenvalue weighted by molar-refractivity contribution is -0.138. The molecule has 35 heavy (non-hydrogen) atoms. The maximum atomic E-state index is 13.1. The van der Waals surface area contributed by atoms with Crippen molar-refractivity contribution in [3.8, 4) is 5.75 Å². The molecule has 0 unspecified atom stereocenters. The highest BCUT2D eigenvalue weighted by molar-refractivity contribution is 6.01. The molecule has 182 valence electrons. The number of rotatable bonds is 7. The highest BCUT2D eigenvalue weighted by Gasteiger charge is 2.44. The van der Waals surface area contributed by atoms with Crippen LogP contribution >= 0.6 is 0 Å². The second kappa shape index (κ2) is 9.98. The summed E-state index contributed by atoms with van der Waals surface area (Å²) in [5.74, 6) is -1.63. The van der Waals surface area contributed by atoms with E-state index in [2.05, 4.69) is 4.98 Å². The summed E-state index contributed by atoms with van der Waals surface area (Å²) in [6, 6.07) is 15.5. The number of aryl methyl sites for hydroxylation is 1. The zero-order valence-electron chi connectivity index (χ0n) is 19.3. The number of nitrogens with zero attached hydrogens (tertiary/aromatic N) is 3. The van der Waals surface area contributed by atoms with Crippen LogP contribution in [0.5, 0.6) is 5.75 Å². The number of carboxylic acid groups (broad SMARTS) is 1. The molecular weight excluding hydrogens is 452 g/mol. The maximum absolute atomic E-state index is 13.1. The topological polar surface area (TPSA) is 132 Å². The Morgan fingerprint density at radius 2 is 1.94 bits per heavy atom. The number of nitrogens with one attached hydrogen (secondary N) is 1. The number of carbonyl (C=O) groups is 3. The van der Waals surface area contributed by atoms with Crippen LogP contribution in [-0.4, -0.2) is 57.7 Å². The van der Waals surface area contributed by atoms with Crippen molar-refractivity contribution in [2.75, 3.05) is 18.5 Å². The SMILES string of the molecule is Cc1cc(COc2ccc(N3CC[C@H]([C@@H](C(=O)NO)N(C)C(=O)O)C3=O)cc2)c2ccccc2n1. The molecule has 0 bridgehead atoms. The molecule has 0 aliphatic carbocycles. The van der Waals surface area contributed by atoms with E-state index in [-0.39, 0.29) is 12.3 Å². The van der Waals surface area contributed by atoms with Crippen LogP contribution in [0.4, 0.5) is 10.5 Å². The van der Waals surface area contributed by atoms with Gasteiger partial charge in [-0.2, -0.15) is 0 Å². The summed E-state index contributed by atoms with van der Waals surface area (Å²) in [6.07, 6.45) is -1.11. The maximum Gasteiger partial charge on any atom is 0.407 e. The van der Waals surface area contributed by atoms with Crippen molar-refractivity contribution in [3.05, 3.63) is 65.9 Å². The van der Waals surface area contributed by atoms with Gasteiger partial charge in [0.05, 0.1) is 11.4 Å². The van der Waals surface area contributed by atoms with Gasteiger partial charge in [-0.25, -0.2) is 10.3 Å². The first kappa shape index (κ1) is 24.0. The number of amides is 3. The average Bonchev–Trinajstić information content (AvgIpc) is 3.23. The van der Waals surface area contributed by atoms with E-state index in [9.17, 15) is 19.5 Å². The number of likely N-dealkylation sites (N-methyl/N-ethyl adjacent to an activating group) is 1. The Morgan fingerprint density at radius 1 is 1.23 bits per heavy atom. The number of ether oxygens (including phenoxy) is 1. The van der Waals surface area contributed by atoms with Crippen molar-refractivity contribution in [1.82, 2.24) is 15.4 Å². The van der Waals surface area contributed by atoms with Gasteiger partial charge in [0.1, 0.15) is 18.4 Å². The fraction of sp³-hybridized carbons (Fsp3) is 0.280. The number of benzene rings is 2. The van der Waals surface area contributed by atoms with Crippen molar-refractivity contribution < 1.29 is 29.4 Å². The summed E-state index contributed by atoms with van der Waals surface area (Å²) < 4.78 is 5.98. The predicted molar refractivity (Wildman–Crippen MR) is 127 cm³/mol. The molecule has 2 aromatic carbocycles. The number of fused-ring (bicyclic) bond motifs is 1. The minimum atomic E-state index is -1.37. The van der Waals surface area contributed by atoms with Crippen LogP contribution in [0.1, 0.15) is 17.7 Å². The minimum Gasteiger partial charge on any atom is -0.489 e. The van der Waals surface area contributed by atoms with E-state index < -0.39 is 24.0 Å². The van der Waals surface area contributed by atoms with Crippen molar-refractivity contribution in [2.24, 2.45) is 5.92 Å². The van der Waals surface area contributed by atoms with Gasteiger partial charge in [-0.1, -0.05) is 18.2 Å². The number of hydrogen-bond donors (Lipinski definition) is 3. The molecule has 1 aromatic heterocycles. The second-order valence-electron chi connectivity index (χ2n) is 8.42. The van der Waals surface area contributed by atoms with Gasteiger partial charge in [0.2, 0.25) is 5.91 Å². The number of aromatic nitrogens is 1. The van der Waals surface area contributed by atoms with E-state index in [1.807, 2.05) is 37.3 Å². The van der Waals surface area contributed by atoms with Crippen LogP contribution in [0.15, 0.2) is 54.6 Å². The molecule has 1 fully saturated rings. The van der Waals surface area contributed by atoms with E-state index >= 15 is 0 Å². The van der Waals surface area contributed by atoms with E-state index in [1.165, 1.54) is 17.4 Å². The van der Waals surface area contributed by atoms with Crippen molar-refractivity contribution in [2.45, 2.75) is 26.0 Å². The van der Waals surface area contributed by atoms with Crippen LogP contribution < -0.4 is 15.1 Å². The fourth-order valence-corrected chi connectivity index (χ4v) is 4.46. The summed E-state index contributed by atoms with van der Waals surface area (Å²) in [4.78, 5) is 43.3. The van der Waals surface area contributed by atoms with Gasteiger partial charge in [-0.05, 0) is 49.7 Å². The monoisotopic (exact) mass is 478 g/mol. The summed E-state index contributed by atoms with van der Waals surface area (Å²) >= 11 is 0. The van der Waals surface area contributed by atoms with E-state index in [0.29, 0.717) is 24.6 Å². The average molecular weight is 479 g/mol. The quantitative estimate of drug-likeness (QED) is 0.351. The third kappa shape index (κ3) is 4.87. The molecule has 2 atom stereocenters. The number of para-hydroxylation sites is 1. The van der Waals surface area contributed by atoms with Crippen LogP contribution in [0, 0.1) is 12.8 Å². The summed E-state index contributed by atoms with van der Waals surface area (Å²) in [7, 11) is 1.19. The first-order valence-electron chi connectivity index (χ1n) is 11.1. The van der Waals surface area contributed by atoms with Gasteiger partial charge in [0.25, 0.3) is 5.91 Å². The van der Waals surface area contributed by atoms with E-state index in [1.54, 1.807) is 24.3 Å². The smallest absolute Gasteiger partial charge is 0.407 e. The molecule has 1 aliphatic rings. The first-order chi connectivity index (χ1) is 16.8. The zero-order valence-corrected chi connectivity index (χ0v) is 19.3. The lowest BCUT2D eigenvalue weighted by Crippen LogP contribution is -2.52. The normalized spacial score (nSPS) is 16.3. The molecule has 1 aliphatic heterocycles. The Labute approximate surface area is 201 Å². The molecule has 2 heterocycles. The highest BCUT2D eigenvalue weighted by Crippen LogP contribution is 2.31. The van der Waals surface area contributed by atoms with Crippen LogP contribution in [0.25, 0.3) is 10.9 Å². The summed E-state index contributed by atoms with van der Waals surface area (Å²) in [5, 5.41) is 19.4. The molecule has 3 N–H and O–H groups in total. The molecule has 1 saturated heterocycles. The number of pyridine rings is 1. The zero-order chi connectivity index (χ0) is 25.1. The van der Waals surface area contributed by atoms with Crippen molar-refractivity contribution >= 4 is 34.5 Å². The minimum absolute atomic E-state index is 0.265. The van der Waals surface area contributed by atoms with E-state index in [4.69, 9.17) is 9.94 Å². The lowest BCUT2D eigenvalue weighted by atomic mass is 9.96. The molecular formula is C25H26N4O6. The van der Waals surface area contributed by atoms with Gasteiger partial charge in [0.15, 0.2) is 0 Å². The van der Waals surface area contributed by atoms with E-state index in [0.717, 1.165) is 27.1 Å². The standard InChI is InChI=1S/C25H26N4O6/c1-15-13-16(19-5-3-4-6-21(19)26-15)14-35-18-9-7-17(8-10-18)29-12-11-20(24(29)31)22(23(30)27-34)28(2)25(32)33/h3-10,13,20,22,34H,11-12,14H2,1-2H3,(H,27,30)(H,32,33)/t20-,22+/m1/s1. The molecule has 10 nitrogen and oxygen atoms in total. The summed E-state index contributed by atoms with van der Waals surface area (Å²) in [6.45, 7) is 2.61. The lowest BCUT2D eigenvalue weighted by Gasteiger charge is -2.28. The Balaban J connectivity index is 1.46. The Kier molecular flexibility index (Phi) is 6.83. The third-order valence-electron chi connectivity index (χ3n) is 6.20. The van der Waals surface area contributed by atoms with Gasteiger partial charge >= 0.3 is 6.09 Å². The second-order valence-corrected chi connectivity index (χ2v) is 8.42. The predicted octanol–water partition coefficient (Wildman–Crippen LogP) is 2.96. The number of carbonyl (C=O) groups excluding carboxylic acids is 2. The van der Waals surface area contributed by atoms with Crippen molar-refractivity contribution in [3.63, 3.8) is 0 Å². The molecule has 0 saturated carbocycles. The summed E-state index contributed by atoms with van der Waals surface area (Å²) in [5.41, 5.74) is 4.91. The highest BCUT2D eigenvalue weighted by atomic mass is 16.5. The Hall–Kier alpha value is -4.18. The van der Waals surface area contributed by atoms with Crippen LogP contribution in [-0.2, 0) is 16.2 Å². The molecule has 4 rings (SSSR count). The van der Waals surface area contributed by atoms with Gasteiger partial charge in [0, 0.05) is 35.9 Å². The van der Waals surface area contributed by atoms with Crippen molar-refractivity contribution in [1.29, 1.82) is 0 Å². The van der Waals surface area contributed by atoms with Crippen LogP contribution in [0.2, 0.25) is 0 Å².